The van der Waals surface area contributed by atoms with E-state index in [-0.39, 0.29) is 34.5 Å². The van der Waals surface area contributed by atoms with Gasteiger partial charge in [0.2, 0.25) is 0 Å². The molecule has 26 heavy (non-hydrogen) atoms. The van der Waals surface area contributed by atoms with Crippen LogP contribution in [0, 0.1) is 11.7 Å². The van der Waals surface area contributed by atoms with E-state index in [9.17, 15) is 14.0 Å². The fraction of sp³-hybridized carbons (Fsp3) is 0.350. The van der Waals surface area contributed by atoms with E-state index in [1.165, 1.54) is 12.1 Å². The van der Waals surface area contributed by atoms with Crippen molar-refractivity contribution >= 4 is 23.2 Å². The van der Waals surface area contributed by atoms with Gasteiger partial charge in [-0.3, -0.25) is 9.59 Å². The average Bonchev–Trinajstić information content (AvgIpc) is 2.62. The minimum Gasteiger partial charge on any atom is -0.306 e. The zero-order valence-corrected chi connectivity index (χ0v) is 15.3. The Bertz CT molecular complexity index is 832. The van der Waals surface area contributed by atoms with Crippen molar-refractivity contribution < 1.29 is 14.0 Å². The third-order valence-corrected chi connectivity index (χ3v) is 5.03. The van der Waals surface area contributed by atoms with Gasteiger partial charge in [0.1, 0.15) is 11.5 Å². The normalized spacial score (nSPS) is 15.8. The number of nitrogens with zero attached hydrogens (tertiary/aromatic N) is 2. The molecule has 0 amide bonds. The lowest BCUT2D eigenvalue weighted by Crippen LogP contribution is -2.33. The average molecular weight is 375 g/mol. The fourth-order valence-corrected chi connectivity index (χ4v) is 3.44. The number of ketones is 2. The topological polar surface area (TPSA) is 50.3 Å². The molecule has 1 aromatic heterocycles. The molecule has 4 nitrogen and oxygen atoms in total. The lowest BCUT2D eigenvalue weighted by Gasteiger charge is -2.27. The molecule has 1 fully saturated rings. The number of hydrogen-bond acceptors (Lipinski definition) is 4. The van der Waals surface area contributed by atoms with Gasteiger partial charge in [-0.25, -0.2) is 9.37 Å². The van der Waals surface area contributed by atoms with Crippen molar-refractivity contribution in [1.29, 1.82) is 0 Å². The van der Waals surface area contributed by atoms with Gasteiger partial charge >= 0.3 is 0 Å². The van der Waals surface area contributed by atoms with Crippen LogP contribution in [0.5, 0.6) is 0 Å². The standard InChI is InChI=1S/C20H20ClFN2O2/c1-24-9-7-13(8-10-24)20(26)18-4-2-3-15(23-18)12-19(25)16-6-5-14(22)11-17(16)21/h2-6,11,13H,7-10,12H2,1H3. The van der Waals surface area contributed by atoms with Gasteiger partial charge in [0.25, 0.3) is 0 Å². The summed E-state index contributed by atoms with van der Waals surface area (Å²) in [5, 5.41) is 0.0774. The second kappa shape index (κ2) is 8.06. The van der Waals surface area contributed by atoms with Crippen molar-refractivity contribution in [3.63, 3.8) is 0 Å². The van der Waals surface area contributed by atoms with Crippen molar-refractivity contribution in [3.05, 3.63) is 64.2 Å². The number of aromatic nitrogens is 1. The van der Waals surface area contributed by atoms with Crippen molar-refractivity contribution in [2.75, 3.05) is 20.1 Å². The molecule has 0 unspecified atom stereocenters. The molecule has 0 atom stereocenters. The van der Waals surface area contributed by atoms with Gasteiger partial charge < -0.3 is 4.90 Å². The predicted octanol–water partition coefficient (Wildman–Crippen LogP) is 3.82. The number of pyridine rings is 1. The van der Waals surface area contributed by atoms with E-state index in [0.29, 0.717) is 11.4 Å². The smallest absolute Gasteiger partial charge is 0.184 e. The summed E-state index contributed by atoms with van der Waals surface area (Å²) < 4.78 is 13.1. The summed E-state index contributed by atoms with van der Waals surface area (Å²) in [6.45, 7) is 1.80. The number of piperidine rings is 1. The lowest BCUT2D eigenvalue weighted by atomic mass is 9.91. The Labute approximate surface area is 157 Å². The molecule has 2 aromatic rings. The summed E-state index contributed by atoms with van der Waals surface area (Å²) >= 11 is 5.95. The molecule has 1 aliphatic heterocycles. The maximum absolute atomic E-state index is 13.1. The molecule has 1 aromatic carbocycles. The van der Waals surface area contributed by atoms with Crippen LogP contribution in [-0.4, -0.2) is 41.6 Å². The largest absolute Gasteiger partial charge is 0.306 e. The molecule has 0 N–H and O–H groups in total. The maximum atomic E-state index is 13.1. The third-order valence-electron chi connectivity index (χ3n) is 4.72. The molecular weight excluding hydrogens is 355 g/mol. The van der Waals surface area contributed by atoms with Crippen LogP contribution in [0.15, 0.2) is 36.4 Å². The third kappa shape index (κ3) is 4.34. The number of likely N-dealkylation sites (tertiary alicyclic amines) is 1. The molecule has 1 aliphatic rings. The first-order valence-electron chi connectivity index (χ1n) is 8.61. The second-order valence-electron chi connectivity index (χ2n) is 6.68. The fourth-order valence-electron chi connectivity index (χ4n) is 3.17. The number of carbonyl (C=O) groups excluding carboxylic acids is 2. The Balaban J connectivity index is 1.73. The van der Waals surface area contributed by atoms with Crippen LogP contribution in [0.1, 0.15) is 39.4 Å². The first-order chi connectivity index (χ1) is 12.4. The van der Waals surface area contributed by atoms with Gasteiger partial charge in [0.15, 0.2) is 11.6 Å². The minimum atomic E-state index is -0.490. The monoisotopic (exact) mass is 374 g/mol. The second-order valence-corrected chi connectivity index (χ2v) is 7.09. The number of benzene rings is 1. The van der Waals surface area contributed by atoms with Gasteiger partial charge in [-0.1, -0.05) is 17.7 Å². The molecule has 0 bridgehead atoms. The molecule has 0 spiro atoms. The van der Waals surface area contributed by atoms with Gasteiger partial charge in [0.05, 0.1) is 11.4 Å². The molecule has 136 valence electrons. The van der Waals surface area contributed by atoms with E-state index >= 15 is 0 Å². The molecule has 0 saturated carbocycles. The summed E-state index contributed by atoms with van der Waals surface area (Å²) in [5.74, 6) is -0.731. The number of rotatable bonds is 5. The zero-order chi connectivity index (χ0) is 18.7. The summed E-state index contributed by atoms with van der Waals surface area (Å²) in [4.78, 5) is 31.7. The van der Waals surface area contributed by atoms with Crippen LogP contribution < -0.4 is 0 Å². The number of carbonyl (C=O) groups is 2. The first kappa shape index (κ1) is 18.7. The molecule has 0 radical (unpaired) electrons. The summed E-state index contributed by atoms with van der Waals surface area (Å²) in [6.07, 6.45) is 1.66. The quantitative estimate of drug-likeness (QED) is 0.746. The van der Waals surface area contributed by atoms with E-state index in [2.05, 4.69) is 9.88 Å². The lowest BCUT2D eigenvalue weighted by molar-refractivity contribution is 0.0850. The Morgan fingerprint density at radius 1 is 1.23 bits per heavy atom. The highest BCUT2D eigenvalue weighted by Gasteiger charge is 2.25. The number of hydrogen-bond donors (Lipinski definition) is 0. The van der Waals surface area contributed by atoms with E-state index < -0.39 is 5.82 Å². The van der Waals surface area contributed by atoms with Crippen LogP contribution in [0.25, 0.3) is 0 Å². The first-order valence-corrected chi connectivity index (χ1v) is 8.99. The van der Waals surface area contributed by atoms with Crippen molar-refractivity contribution in [1.82, 2.24) is 9.88 Å². The molecule has 6 heteroatoms. The predicted molar refractivity (Wildman–Crippen MR) is 98.2 cm³/mol. The van der Waals surface area contributed by atoms with Crippen LogP contribution in [0.4, 0.5) is 4.39 Å². The molecule has 2 heterocycles. The maximum Gasteiger partial charge on any atom is 0.184 e. The van der Waals surface area contributed by atoms with Crippen LogP contribution in [0.3, 0.4) is 0 Å². The van der Waals surface area contributed by atoms with Gasteiger partial charge in [-0.15, -0.1) is 0 Å². The number of halogens is 2. The number of Topliss-reactive ketones (excluding diaryl/α,β-unsaturated/α-hetero) is 2. The van der Waals surface area contributed by atoms with Gasteiger partial charge in [-0.05, 0) is 63.3 Å². The minimum absolute atomic E-state index is 0.0138. The van der Waals surface area contributed by atoms with Crippen molar-refractivity contribution in [2.45, 2.75) is 19.3 Å². The highest BCUT2D eigenvalue weighted by atomic mass is 35.5. The molecular formula is C20H20ClFN2O2. The summed E-state index contributed by atoms with van der Waals surface area (Å²) in [5.41, 5.74) is 1.16. The van der Waals surface area contributed by atoms with Gasteiger partial charge in [-0.2, -0.15) is 0 Å². The Morgan fingerprint density at radius 3 is 2.65 bits per heavy atom. The van der Waals surface area contributed by atoms with Crippen LogP contribution in [-0.2, 0) is 6.42 Å². The SMILES string of the molecule is CN1CCC(C(=O)c2cccc(CC(=O)c3ccc(F)cc3Cl)n2)CC1. The van der Waals surface area contributed by atoms with Crippen LogP contribution in [0.2, 0.25) is 5.02 Å². The van der Waals surface area contributed by atoms with E-state index in [1.807, 2.05) is 7.05 Å². The summed E-state index contributed by atoms with van der Waals surface area (Å²) in [7, 11) is 2.05. The Hall–Kier alpha value is -2.11. The molecule has 3 rings (SSSR count). The Kier molecular flexibility index (Phi) is 5.79. The Morgan fingerprint density at radius 2 is 1.96 bits per heavy atom. The van der Waals surface area contributed by atoms with E-state index in [1.54, 1.807) is 18.2 Å². The molecule has 1 saturated heterocycles. The highest BCUT2D eigenvalue weighted by Crippen LogP contribution is 2.22. The highest BCUT2D eigenvalue weighted by molar-refractivity contribution is 6.34. The van der Waals surface area contributed by atoms with Crippen LogP contribution >= 0.6 is 11.6 Å². The van der Waals surface area contributed by atoms with E-state index in [0.717, 1.165) is 32.0 Å². The van der Waals surface area contributed by atoms with Crippen molar-refractivity contribution in [2.24, 2.45) is 5.92 Å². The zero-order valence-electron chi connectivity index (χ0n) is 14.5. The van der Waals surface area contributed by atoms with E-state index in [4.69, 9.17) is 11.6 Å². The van der Waals surface area contributed by atoms with Gasteiger partial charge in [0, 0.05) is 17.2 Å². The summed E-state index contributed by atoms with van der Waals surface area (Å²) in [6, 6.07) is 8.83. The molecule has 0 aliphatic carbocycles. The van der Waals surface area contributed by atoms with Crippen molar-refractivity contribution in [3.8, 4) is 0 Å².